The van der Waals surface area contributed by atoms with Gasteiger partial charge < -0.3 is 10.6 Å². The van der Waals surface area contributed by atoms with Crippen LogP contribution in [0, 0.1) is 11.3 Å². The van der Waals surface area contributed by atoms with Crippen molar-refractivity contribution in [3.05, 3.63) is 113 Å². The van der Waals surface area contributed by atoms with Crippen LogP contribution in [0.15, 0.2) is 96.7 Å². The number of carbonyl (C=O) groups excluding carboxylic acids is 1. The van der Waals surface area contributed by atoms with Crippen molar-refractivity contribution >= 4 is 23.2 Å². The van der Waals surface area contributed by atoms with E-state index in [4.69, 9.17) is 11.6 Å². The van der Waals surface area contributed by atoms with Crippen LogP contribution in [0.25, 0.3) is 0 Å². The Morgan fingerprint density at radius 3 is 2.07 bits per heavy atom. The Kier molecular flexibility index (Phi) is 6.46. The van der Waals surface area contributed by atoms with Crippen LogP contribution in [-0.2, 0) is 4.79 Å². The predicted molar refractivity (Wildman–Crippen MR) is 112 cm³/mol. The van der Waals surface area contributed by atoms with Crippen LogP contribution in [-0.4, -0.2) is 5.91 Å². The van der Waals surface area contributed by atoms with Crippen molar-refractivity contribution in [3.8, 4) is 6.07 Å². The van der Waals surface area contributed by atoms with Gasteiger partial charge in [0.2, 0.25) is 0 Å². The van der Waals surface area contributed by atoms with Crippen LogP contribution < -0.4 is 10.6 Å². The van der Waals surface area contributed by atoms with E-state index in [1.165, 1.54) is 6.20 Å². The number of benzene rings is 3. The molecule has 4 nitrogen and oxygen atoms in total. The van der Waals surface area contributed by atoms with Crippen LogP contribution in [0.3, 0.4) is 0 Å². The van der Waals surface area contributed by atoms with Gasteiger partial charge in [0.05, 0.1) is 6.04 Å². The van der Waals surface area contributed by atoms with Gasteiger partial charge in [-0.05, 0) is 29.3 Å². The molecule has 0 aliphatic heterocycles. The molecule has 3 aromatic carbocycles. The van der Waals surface area contributed by atoms with Crippen molar-refractivity contribution in [2.45, 2.75) is 6.04 Å². The van der Waals surface area contributed by atoms with Crippen LogP contribution in [0.1, 0.15) is 17.2 Å². The molecule has 2 N–H and O–H groups in total. The summed E-state index contributed by atoms with van der Waals surface area (Å²) in [6, 6.07) is 27.9. The van der Waals surface area contributed by atoms with Gasteiger partial charge in [-0.2, -0.15) is 5.26 Å². The van der Waals surface area contributed by atoms with E-state index in [9.17, 15) is 10.1 Å². The molecule has 0 atom stereocenters. The molecule has 0 bridgehead atoms. The van der Waals surface area contributed by atoms with E-state index < -0.39 is 5.91 Å². The third-order valence-electron chi connectivity index (χ3n) is 4.11. The van der Waals surface area contributed by atoms with Gasteiger partial charge in [-0.3, -0.25) is 4.79 Å². The molecule has 0 radical (unpaired) electrons. The molecule has 3 rings (SSSR count). The average Bonchev–Trinajstić information content (AvgIpc) is 2.74. The molecule has 138 valence electrons. The first-order valence-electron chi connectivity index (χ1n) is 8.70. The van der Waals surface area contributed by atoms with Crippen LogP contribution in [0.2, 0.25) is 5.02 Å². The summed E-state index contributed by atoms with van der Waals surface area (Å²) < 4.78 is 0. The van der Waals surface area contributed by atoms with Gasteiger partial charge >= 0.3 is 0 Å². The summed E-state index contributed by atoms with van der Waals surface area (Å²) in [5.41, 5.74) is 2.52. The van der Waals surface area contributed by atoms with Crippen molar-refractivity contribution in [1.29, 1.82) is 5.26 Å². The molecule has 0 aliphatic carbocycles. The van der Waals surface area contributed by atoms with Crippen molar-refractivity contribution in [2.75, 3.05) is 5.32 Å². The molecule has 1 amide bonds. The van der Waals surface area contributed by atoms with Crippen LogP contribution in [0.5, 0.6) is 0 Å². The molecule has 0 fully saturated rings. The molecule has 3 aromatic rings. The number of nitrogens with zero attached hydrogens (tertiary/aromatic N) is 1. The Morgan fingerprint density at radius 1 is 0.929 bits per heavy atom. The van der Waals surface area contributed by atoms with Gasteiger partial charge in [0, 0.05) is 16.9 Å². The fourth-order valence-electron chi connectivity index (χ4n) is 2.74. The highest BCUT2D eigenvalue weighted by atomic mass is 35.5. The van der Waals surface area contributed by atoms with E-state index in [0.29, 0.717) is 10.7 Å². The van der Waals surface area contributed by atoms with Crippen molar-refractivity contribution in [3.63, 3.8) is 0 Å². The molecule has 0 unspecified atom stereocenters. The van der Waals surface area contributed by atoms with E-state index in [1.807, 2.05) is 66.7 Å². The van der Waals surface area contributed by atoms with E-state index in [1.54, 1.807) is 24.3 Å². The van der Waals surface area contributed by atoms with Crippen molar-refractivity contribution in [1.82, 2.24) is 5.32 Å². The Morgan fingerprint density at radius 2 is 1.54 bits per heavy atom. The number of nitrogens with one attached hydrogen (secondary N) is 2. The summed E-state index contributed by atoms with van der Waals surface area (Å²) in [7, 11) is 0. The maximum Gasteiger partial charge on any atom is 0.264 e. The number of anilines is 1. The van der Waals surface area contributed by atoms with Gasteiger partial charge in [-0.15, -0.1) is 0 Å². The molecule has 0 heterocycles. The lowest BCUT2D eigenvalue weighted by Crippen LogP contribution is -2.30. The number of halogens is 1. The largest absolute Gasteiger partial charge is 0.360 e. The number of carbonyl (C=O) groups is 1. The lowest BCUT2D eigenvalue weighted by molar-refractivity contribution is -0.117. The lowest BCUT2D eigenvalue weighted by atomic mass is 9.98. The molecule has 0 saturated heterocycles. The van der Waals surface area contributed by atoms with Crippen LogP contribution >= 0.6 is 11.6 Å². The number of hydrogen-bond acceptors (Lipinski definition) is 3. The first kappa shape index (κ1) is 19.2. The summed E-state index contributed by atoms with van der Waals surface area (Å²) in [6.07, 6.45) is 1.38. The second kappa shape index (κ2) is 9.40. The quantitative estimate of drug-likeness (QED) is 0.458. The van der Waals surface area contributed by atoms with E-state index in [0.717, 1.165) is 11.1 Å². The number of nitriles is 1. The molecule has 0 aliphatic rings. The molecular formula is C23H18ClN3O. The Balaban J connectivity index is 1.82. The highest BCUT2D eigenvalue weighted by Gasteiger charge is 2.19. The number of rotatable bonds is 6. The van der Waals surface area contributed by atoms with Gasteiger partial charge in [-0.1, -0.05) is 78.3 Å². The zero-order valence-electron chi connectivity index (χ0n) is 15.0. The second-order valence-corrected chi connectivity index (χ2v) is 6.49. The van der Waals surface area contributed by atoms with Gasteiger partial charge in [0.1, 0.15) is 11.6 Å². The maximum absolute atomic E-state index is 12.8. The fourth-order valence-corrected chi connectivity index (χ4v) is 2.93. The van der Waals surface area contributed by atoms with E-state index in [2.05, 4.69) is 10.6 Å². The zero-order chi connectivity index (χ0) is 19.8. The number of amides is 1. The van der Waals surface area contributed by atoms with Crippen LogP contribution in [0.4, 0.5) is 5.69 Å². The van der Waals surface area contributed by atoms with Crippen molar-refractivity contribution in [2.24, 2.45) is 0 Å². The fraction of sp³-hybridized carbons (Fsp3) is 0.0435. The highest BCUT2D eigenvalue weighted by molar-refractivity contribution is 6.30. The highest BCUT2D eigenvalue weighted by Crippen LogP contribution is 2.22. The molecule has 0 aromatic heterocycles. The topological polar surface area (TPSA) is 64.9 Å². The van der Waals surface area contributed by atoms with E-state index in [-0.39, 0.29) is 11.6 Å². The lowest BCUT2D eigenvalue weighted by Gasteiger charge is -2.19. The minimum atomic E-state index is -0.463. The first-order valence-corrected chi connectivity index (χ1v) is 9.08. The maximum atomic E-state index is 12.8. The molecule has 28 heavy (non-hydrogen) atoms. The Hall–Kier alpha value is -3.55. The summed E-state index contributed by atoms with van der Waals surface area (Å²) >= 11 is 5.96. The Labute approximate surface area is 169 Å². The SMILES string of the molecule is N#C/C(=C/Nc1cccc(Cl)c1)C(=O)NC(c1ccccc1)c1ccccc1. The minimum absolute atomic E-state index is 0.0307. The van der Waals surface area contributed by atoms with Gasteiger partial charge in [0.25, 0.3) is 5.91 Å². The summed E-state index contributed by atoms with van der Waals surface area (Å²) in [4.78, 5) is 12.8. The minimum Gasteiger partial charge on any atom is -0.360 e. The van der Waals surface area contributed by atoms with E-state index >= 15 is 0 Å². The molecule has 0 saturated carbocycles. The zero-order valence-corrected chi connectivity index (χ0v) is 15.7. The van der Waals surface area contributed by atoms with Crippen molar-refractivity contribution < 1.29 is 4.79 Å². The summed E-state index contributed by atoms with van der Waals surface area (Å²) in [5.74, 6) is -0.463. The summed E-state index contributed by atoms with van der Waals surface area (Å²) in [5, 5.41) is 15.9. The Bertz CT molecular complexity index is 971. The number of hydrogen-bond donors (Lipinski definition) is 2. The standard InChI is InChI=1S/C23H18ClN3O/c24-20-12-7-13-21(14-20)26-16-19(15-25)23(28)27-22(17-8-3-1-4-9-17)18-10-5-2-6-11-18/h1-14,16,22,26H,(H,27,28)/b19-16-. The third-order valence-corrected chi connectivity index (χ3v) is 4.35. The second-order valence-electron chi connectivity index (χ2n) is 6.05. The third kappa shape index (κ3) is 5.00. The van der Waals surface area contributed by atoms with Gasteiger partial charge in [0.15, 0.2) is 0 Å². The first-order chi connectivity index (χ1) is 13.7. The van der Waals surface area contributed by atoms with Gasteiger partial charge in [-0.25, -0.2) is 0 Å². The molecule has 5 heteroatoms. The predicted octanol–water partition coefficient (Wildman–Crippen LogP) is 5.07. The monoisotopic (exact) mass is 387 g/mol. The molecular weight excluding hydrogens is 370 g/mol. The smallest absolute Gasteiger partial charge is 0.264 e. The summed E-state index contributed by atoms with van der Waals surface area (Å²) in [6.45, 7) is 0. The normalized spacial score (nSPS) is 11.0. The molecule has 0 spiro atoms. The average molecular weight is 388 g/mol.